The summed E-state index contributed by atoms with van der Waals surface area (Å²) in [5, 5.41) is 6.00. The first-order valence-corrected chi connectivity index (χ1v) is 13.7. The van der Waals surface area contributed by atoms with Gasteiger partial charge in [0, 0.05) is 30.2 Å². The molecule has 0 saturated carbocycles. The summed E-state index contributed by atoms with van der Waals surface area (Å²) < 4.78 is 18.3. The standard InChI is InChI=1S/C32H44N4O3/c1-20(2)23-18-24(27(39-32(9,10)11)19-26(23)38-31(6,7)8)28-33-36(30(3,4)5)29(37)35(28)22-13-14-25-21(17-22)15-16-34(25)12/h13-20H,1-12H3. The van der Waals surface area contributed by atoms with Crippen molar-refractivity contribution in [3.8, 4) is 28.6 Å². The zero-order chi connectivity index (χ0) is 29.1. The first-order chi connectivity index (χ1) is 17.9. The lowest BCUT2D eigenvalue weighted by atomic mass is 9.97. The van der Waals surface area contributed by atoms with Crippen LogP contribution >= 0.6 is 0 Å². The van der Waals surface area contributed by atoms with E-state index in [1.807, 2.05) is 99.8 Å². The van der Waals surface area contributed by atoms with E-state index in [1.165, 1.54) is 0 Å². The Hall–Kier alpha value is -3.48. The van der Waals surface area contributed by atoms with E-state index < -0.39 is 11.1 Å². The van der Waals surface area contributed by atoms with Crippen molar-refractivity contribution in [1.29, 1.82) is 0 Å². The predicted octanol–water partition coefficient (Wildman–Crippen LogP) is 7.43. The fourth-order valence-corrected chi connectivity index (χ4v) is 4.66. The molecule has 210 valence electrons. The molecule has 0 radical (unpaired) electrons. The number of hydrogen-bond acceptors (Lipinski definition) is 4. The predicted molar refractivity (Wildman–Crippen MR) is 160 cm³/mol. The van der Waals surface area contributed by atoms with Gasteiger partial charge in [-0.25, -0.2) is 14.0 Å². The summed E-state index contributed by atoms with van der Waals surface area (Å²) in [5.41, 5.74) is 2.06. The third-order valence-electron chi connectivity index (χ3n) is 6.35. The summed E-state index contributed by atoms with van der Waals surface area (Å²) in [5.74, 6) is 2.11. The SMILES string of the molecule is CC(C)c1cc(-c2nn(C(C)(C)C)c(=O)n2-c2ccc3c(ccn3C)c2)c(OC(C)(C)C)cc1OC(C)(C)C. The van der Waals surface area contributed by atoms with Gasteiger partial charge in [-0.15, -0.1) is 5.10 Å². The van der Waals surface area contributed by atoms with Crippen LogP contribution in [0.4, 0.5) is 0 Å². The summed E-state index contributed by atoms with van der Waals surface area (Å²) in [4.78, 5) is 14.0. The van der Waals surface area contributed by atoms with E-state index in [2.05, 4.69) is 30.5 Å². The van der Waals surface area contributed by atoms with Gasteiger partial charge in [0.05, 0.1) is 16.8 Å². The third kappa shape index (κ3) is 5.92. The molecule has 0 saturated heterocycles. The molecule has 0 fully saturated rings. The van der Waals surface area contributed by atoms with Gasteiger partial charge in [0.2, 0.25) is 0 Å². The van der Waals surface area contributed by atoms with Crippen molar-refractivity contribution in [3.63, 3.8) is 0 Å². The molecule has 0 aliphatic rings. The Bertz CT molecular complexity index is 1560. The lowest BCUT2D eigenvalue weighted by Crippen LogP contribution is -2.35. The van der Waals surface area contributed by atoms with E-state index in [0.717, 1.165) is 33.5 Å². The maximum absolute atomic E-state index is 14.0. The minimum absolute atomic E-state index is 0.176. The van der Waals surface area contributed by atoms with Crippen LogP contribution < -0.4 is 15.2 Å². The monoisotopic (exact) mass is 532 g/mol. The van der Waals surface area contributed by atoms with E-state index in [1.54, 1.807) is 9.25 Å². The number of ether oxygens (including phenoxy) is 2. The Morgan fingerprint density at radius 1 is 0.821 bits per heavy atom. The highest BCUT2D eigenvalue weighted by molar-refractivity contribution is 5.82. The molecule has 2 aromatic heterocycles. The van der Waals surface area contributed by atoms with Crippen molar-refractivity contribution in [2.75, 3.05) is 0 Å². The van der Waals surface area contributed by atoms with Crippen LogP contribution in [0.15, 0.2) is 47.4 Å². The lowest BCUT2D eigenvalue weighted by Gasteiger charge is -2.28. The number of aromatic nitrogens is 4. The summed E-state index contributed by atoms with van der Waals surface area (Å²) >= 11 is 0. The second-order valence-electron chi connectivity index (χ2n) is 13.7. The van der Waals surface area contributed by atoms with E-state index in [0.29, 0.717) is 11.6 Å². The Kier molecular flexibility index (Phi) is 7.03. The zero-order valence-electron chi connectivity index (χ0n) is 25.6. The molecule has 4 aromatic rings. The quantitative estimate of drug-likeness (QED) is 0.268. The molecule has 0 spiro atoms. The minimum Gasteiger partial charge on any atom is -0.488 e. The summed E-state index contributed by atoms with van der Waals surface area (Å²) in [6.45, 7) is 22.4. The van der Waals surface area contributed by atoms with Crippen LogP contribution in [0.25, 0.3) is 28.0 Å². The number of rotatable bonds is 5. The Labute approximate surface area is 232 Å². The van der Waals surface area contributed by atoms with Crippen LogP contribution in [0.5, 0.6) is 11.5 Å². The average Bonchev–Trinajstić information content (AvgIpc) is 3.31. The van der Waals surface area contributed by atoms with Gasteiger partial charge in [0.25, 0.3) is 0 Å². The van der Waals surface area contributed by atoms with Crippen molar-refractivity contribution < 1.29 is 9.47 Å². The molecule has 0 atom stereocenters. The molecule has 2 aromatic carbocycles. The van der Waals surface area contributed by atoms with Crippen LogP contribution in [-0.2, 0) is 12.6 Å². The Balaban J connectivity index is 2.08. The van der Waals surface area contributed by atoms with Crippen molar-refractivity contribution in [2.24, 2.45) is 7.05 Å². The molecule has 7 heteroatoms. The van der Waals surface area contributed by atoms with Gasteiger partial charge in [-0.3, -0.25) is 0 Å². The van der Waals surface area contributed by atoms with Crippen molar-refractivity contribution in [1.82, 2.24) is 18.9 Å². The number of aryl methyl sites for hydroxylation is 1. The molecule has 2 heterocycles. The van der Waals surface area contributed by atoms with Crippen molar-refractivity contribution in [2.45, 2.75) is 98.8 Å². The van der Waals surface area contributed by atoms with Gasteiger partial charge in [-0.1, -0.05) is 13.8 Å². The molecule has 0 aliphatic heterocycles. The lowest BCUT2D eigenvalue weighted by molar-refractivity contribution is 0.120. The largest absolute Gasteiger partial charge is 0.488 e. The second-order valence-corrected chi connectivity index (χ2v) is 13.7. The normalized spacial score (nSPS) is 12.9. The molecule has 7 nitrogen and oxygen atoms in total. The number of fused-ring (bicyclic) bond motifs is 1. The molecular formula is C32H44N4O3. The molecule has 4 rings (SSSR count). The summed E-state index contributed by atoms with van der Waals surface area (Å²) in [7, 11) is 2.02. The molecule has 0 bridgehead atoms. The topological polar surface area (TPSA) is 63.2 Å². The number of hydrogen-bond donors (Lipinski definition) is 0. The molecule has 39 heavy (non-hydrogen) atoms. The fraction of sp³-hybridized carbons (Fsp3) is 0.500. The first-order valence-electron chi connectivity index (χ1n) is 13.7. The highest BCUT2D eigenvalue weighted by Crippen LogP contribution is 2.41. The van der Waals surface area contributed by atoms with Gasteiger partial charge in [-0.2, -0.15) is 0 Å². The van der Waals surface area contributed by atoms with Gasteiger partial charge in [0.1, 0.15) is 22.7 Å². The third-order valence-corrected chi connectivity index (χ3v) is 6.35. The molecule has 0 amide bonds. The van der Waals surface area contributed by atoms with E-state index in [4.69, 9.17) is 14.6 Å². The average molecular weight is 533 g/mol. The molecular weight excluding hydrogens is 488 g/mol. The highest BCUT2D eigenvalue weighted by atomic mass is 16.5. The van der Waals surface area contributed by atoms with Gasteiger partial charge >= 0.3 is 5.69 Å². The zero-order valence-corrected chi connectivity index (χ0v) is 25.6. The smallest absolute Gasteiger partial charge is 0.351 e. The van der Waals surface area contributed by atoms with Crippen molar-refractivity contribution >= 4 is 10.9 Å². The van der Waals surface area contributed by atoms with Gasteiger partial charge in [-0.05, 0) is 104 Å². The number of benzene rings is 2. The Morgan fingerprint density at radius 2 is 1.44 bits per heavy atom. The minimum atomic E-state index is -0.519. The first kappa shape index (κ1) is 28.5. The maximum Gasteiger partial charge on any atom is 0.351 e. The highest BCUT2D eigenvalue weighted by Gasteiger charge is 2.29. The van der Waals surface area contributed by atoms with Gasteiger partial charge in [0.15, 0.2) is 5.82 Å². The van der Waals surface area contributed by atoms with Crippen LogP contribution in [0.1, 0.15) is 87.6 Å². The van der Waals surface area contributed by atoms with E-state index >= 15 is 0 Å². The van der Waals surface area contributed by atoms with Crippen LogP contribution in [0, 0.1) is 0 Å². The van der Waals surface area contributed by atoms with Crippen LogP contribution in [0.2, 0.25) is 0 Å². The fourth-order valence-electron chi connectivity index (χ4n) is 4.66. The summed E-state index contributed by atoms with van der Waals surface area (Å²) in [6.07, 6.45) is 2.02. The maximum atomic E-state index is 14.0. The van der Waals surface area contributed by atoms with Crippen molar-refractivity contribution in [3.05, 3.63) is 58.6 Å². The van der Waals surface area contributed by atoms with Crippen LogP contribution in [-0.4, -0.2) is 30.1 Å². The van der Waals surface area contributed by atoms with Crippen LogP contribution in [0.3, 0.4) is 0 Å². The summed E-state index contributed by atoms with van der Waals surface area (Å²) in [6, 6.07) is 12.2. The molecule has 0 unspecified atom stereocenters. The van der Waals surface area contributed by atoms with E-state index in [9.17, 15) is 4.79 Å². The van der Waals surface area contributed by atoms with Gasteiger partial charge < -0.3 is 14.0 Å². The molecule has 0 aliphatic carbocycles. The molecule has 0 N–H and O–H groups in total. The Morgan fingerprint density at radius 3 is 2.00 bits per heavy atom. The second kappa shape index (κ2) is 9.61. The van der Waals surface area contributed by atoms with E-state index in [-0.39, 0.29) is 17.2 Å². The number of nitrogens with zero attached hydrogens (tertiary/aromatic N) is 4.